The first-order valence-electron chi connectivity index (χ1n) is 4.10. The van der Waals surface area contributed by atoms with Crippen molar-refractivity contribution in [1.29, 1.82) is 0 Å². The highest BCUT2D eigenvalue weighted by Crippen LogP contribution is 2.28. The number of aromatic nitrogens is 1. The summed E-state index contributed by atoms with van der Waals surface area (Å²) in [7, 11) is 0. The average molecular weight is 214 g/mol. The molecule has 2 nitrogen and oxygen atoms in total. The maximum absolute atomic E-state index is 5.57. The third-order valence-electron chi connectivity index (χ3n) is 1.66. The Morgan fingerprint density at radius 3 is 2.23 bits per heavy atom. The lowest BCUT2D eigenvalue weighted by atomic mass is 9.98. The van der Waals surface area contributed by atoms with Crippen LogP contribution in [-0.4, -0.2) is 9.97 Å². The molecule has 1 aromatic heterocycles. The van der Waals surface area contributed by atoms with Crippen molar-refractivity contribution in [2.75, 3.05) is 0 Å². The fourth-order valence-corrected chi connectivity index (χ4v) is 2.19. The first-order chi connectivity index (χ1) is 5.82. The third kappa shape index (κ3) is 2.25. The Hall–Kier alpha value is -0.480. The first kappa shape index (κ1) is 10.6. The molecule has 0 spiro atoms. The van der Waals surface area contributed by atoms with Crippen LogP contribution in [0.4, 0.5) is 0 Å². The standard InChI is InChI=1S/C9H14N2S2/c1-5-6(7(10)12)13-8(11-5)9(2,3)4/h1-4H3,(H2,10,12). The van der Waals surface area contributed by atoms with E-state index in [1.54, 1.807) is 11.3 Å². The minimum Gasteiger partial charge on any atom is -0.389 e. The van der Waals surface area contributed by atoms with Gasteiger partial charge >= 0.3 is 0 Å². The zero-order valence-corrected chi connectivity index (χ0v) is 9.97. The van der Waals surface area contributed by atoms with Crippen molar-refractivity contribution < 1.29 is 0 Å². The summed E-state index contributed by atoms with van der Waals surface area (Å²) in [6.07, 6.45) is 0. The quantitative estimate of drug-likeness (QED) is 0.730. The van der Waals surface area contributed by atoms with Gasteiger partial charge in [0.2, 0.25) is 0 Å². The van der Waals surface area contributed by atoms with Gasteiger partial charge in [-0.1, -0.05) is 33.0 Å². The summed E-state index contributed by atoms with van der Waals surface area (Å²) in [5.74, 6) is 0. The Bertz CT molecular complexity index is 334. The second-order valence-electron chi connectivity index (χ2n) is 4.05. The van der Waals surface area contributed by atoms with E-state index in [1.165, 1.54) is 0 Å². The average Bonchev–Trinajstić information content (AvgIpc) is 2.29. The largest absolute Gasteiger partial charge is 0.389 e. The van der Waals surface area contributed by atoms with Crippen molar-refractivity contribution in [3.05, 3.63) is 15.6 Å². The Balaban J connectivity index is 3.17. The van der Waals surface area contributed by atoms with E-state index in [4.69, 9.17) is 18.0 Å². The number of thiazole rings is 1. The molecule has 0 saturated carbocycles. The van der Waals surface area contributed by atoms with Crippen LogP contribution in [0.3, 0.4) is 0 Å². The molecule has 0 aliphatic rings. The second kappa shape index (κ2) is 3.35. The van der Waals surface area contributed by atoms with E-state index in [0.717, 1.165) is 15.6 Å². The van der Waals surface area contributed by atoms with Gasteiger partial charge in [-0.3, -0.25) is 0 Å². The van der Waals surface area contributed by atoms with Crippen LogP contribution in [-0.2, 0) is 5.41 Å². The maximum atomic E-state index is 5.57. The van der Waals surface area contributed by atoms with Gasteiger partial charge in [0.1, 0.15) is 4.99 Å². The zero-order valence-electron chi connectivity index (χ0n) is 8.34. The number of hydrogen-bond acceptors (Lipinski definition) is 3. The molecule has 0 fully saturated rings. The van der Waals surface area contributed by atoms with Gasteiger partial charge in [-0.2, -0.15) is 0 Å². The molecular weight excluding hydrogens is 200 g/mol. The van der Waals surface area contributed by atoms with Gasteiger partial charge in [0.15, 0.2) is 0 Å². The minimum atomic E-state index is 0.0818. The number of thiocarbonyl (C=S) groups is 1. The summed E-state index contributed by atoms with van der Waals surface area (Å²) in [6.45, 7) is 8.35. The Kier molecular flexibility index (Phi) is 2.73. The lowest BCUT2D eigenvalue weighted by Crippen LogP contribution is -2.10. The van der Waals surface area contributed by atoms with Crippen LogP contribution in [0.25, 0.3) is 0 Å². The van der Waals surface area contributed by atoms with Crippen LogP contribution in [0.5, 0.6) is 0 Å². The number of aryl methyl sites for hydroxylation is 1. The molecule has 1 rings (SSSR count). The number of rotatable bonds is 1. The van der Waals surface area contributed by atoms with Gasteiger partial charge in [0, 0.05) is 5.41 Å². The molecule has 1 heterocycles. The third-order valence-corrected chi connectivity index (χ3v) is 3.61. The smallest absolute Gasteiger partial charge is 0.116 e. The molecule has 2 N–H and O–H groups in total. The highest BCUT2D eigenvalue weighted by Gasteiger charge is 2.20. The monoisotopic (exact) mass is 214 g/mol. The molecule has 0 aromatic carbocycles. The number of nitrogens with zero attached hydrogens (tertiary/aromatic N) is 1. The summed E-state index contributed by atoms with van der Waals surface area (Å²) in [6, 6.07) is 0. The van der Waals surface area contributed by atoms with Crippen LogP contribution in [0.2, 0.25) is 0 Å². The highest BCUT2D eigenvalue weighted by atomic mass is 32.1. The number of nitrogens with two attached hydrogens (primary N) is 1. The van der Waals surface area contributed by atoms with Gasteiger partial charge in [-0.05, 0) is 6.92 Å². The molecule has 0 atom stereocenters. The molecule has 13 heavy (non-hydrogen) atoms. The molecule has 0 radical (unpaired) electrons. The summed E-state index contributed by atoms with van der Waals surface area (Å²) >= 11 is 6.53. The van der Waals surface area contributed by atoms with E-state index >= 15 is 0 Å². The Morgan fingerprint density at radius 2 is 2.00 bits per heavy atom. The van der Waals surface area contributed by atoms with E-state index < -0.39 is 0 Å². The SMILES string of the molecule is Cc1nc(C(C)(C)C)sc1C(N)=S. The van der Waals surface area contributed by atoms with Gasteiger partial charge in [-0.25, -0.2) is 4.98 Å². The fraction of sp³-hybridized carbons (Fsp3) is 0.556. The fourth-order valence-electron chi connectivity index (χ4n) is 0.946. The summed E-state index contributed by atoms with van der Waals surface area (Å²) in [4.78, 5) is 5.85. The van der Waals surface area contributed by atoms with E-state index in [2.05, 4.69) is 25.8 Å². The van der Waals surface area contributed by atoms with Crippen molar-refractivity contribution in [3.8, 4) is 0 Å². The molecule has 0 aliphatic heterocycles. The van der Waals surface area contributed by atoms with Crippen LogP contribution in [0, 0.1) is 6.92 Å². The van der Waals surface area contributed by atoms with E-state index in [0.29, 0.717) is 4.99 Å². The van der Waals surface area contributed by atoms with Crippen LogP contribution in [0.1, 0.15) is 36.3 Å². The summed E-state index contributed by atoms with van der Waals surface area (Å²) in [5, 5.41) is 1.09. The van der Waals surface area contributed by atoms with Gasteiger partial charge < -0.3 is 5.73 Å². The van der Waals surface area contributed by atoms with Gasteiger partial charge in [0.05, 0.1) is 15.6 Å². The second-order valence-corrected chi connectivity index (χ2v) is 5.49. The Morgan fingerprint density at radius 1 is 1.46 bits per heavy atom. The first-order valence-corrected chi connectivity index (χ1v) is 5.32. The summed E-state index contributed by atoms with van der Waals surface area (Å²) < 4.78 is 0. The molecule has 0 saturated heterocycles. The van der Waals surface area contributed by atoms with E-state index in [1.807, 2.05) is 6.92 Å². The van der Waals surface area contributed by atoms with Crippen molar-refractivity contribution >= 4 is 28.5 Å². The molecule has 4 heteroatoms. The molecular formula is C9H14N2S2. The van der Waals surface area contributed by atoms with Crippen LogP contribution < -0.4 is 5.73 Å². The van der Waals surface area contributed by atoms with E-state index in [-0.39, 0.29) is 5.41 Å². The number of hydrogen-bond donors (Lipinski definition) is 1. The molecule has 0 amide bonds. The van der Waals surface area contributed by atoms with Crippen LogP contribution >= 0.6 is 23.6 Å². The van der Waals surface area contributed by atoms with Crippen LogP contribution in [0.15, 0.2) is 0 Å². The maximum Gasteiger partial charge on any atom is 0.116 e. The molecule has 0 bridgehead atoms. The van der Waals surface area contributed by atoms with Crippen molar-refractivity contribution in [1.82, 2.24) is 4.98 Å². The lowest BCUT2D eigenvalue weighted by molar-refractivity contribution is 0.584. The van der Waals surface area contributed by atoms with E-state index in [9.17, 15) is 0 Å². The Labute approximate surface area is 88.2 Å². The van der Waals surface area contributed by atoms with Crippen molar-refractivity contribution in [2.45, 2.75) is 33.1 Å². The van der Waals surface area contributed by atoms with Gasteiger partial charge in [-0.15, -0.1) is 11.3 Å². The topological polar surface area (TPSA) is 38.9 Å². The molecule has 0 unspecified atom stereocenters. The zero-order chi connectivity index (χ0) is 10.2. The van der Waals surface area contributed by atoms with Crippen molar-refractivity contribution in [3.63, 3.8) is 0 Å². The van der Waals surface area contributed by atoms with Gasteiger partial charge in [0.25, 0.3) is 0 Å². The molecule has 1 aromatic rings. The predicted octanol–water partition coefficient (Wildman–Crippen LogP) is 2.38. The molecule has 0 aliphatic carbocycles. The summed E-state index contributed by atoms with van der Waals surface area (Å²) in [5.41, 5.74) is 6.60. The van der Waals surface area contributed by atoms with Crippen molar-refractivity contribution in [2.24, 2.45) is 5.73 Å². The normalized spacial score (nSPS) is 11.7. The molecule has 72 valence electrons. The highest BCUT2D eigenvalue weighted by molar-refractivity contribution is 7.81. The minimum absolute atomic E-state index is 0.0818. The predicted molar refractivity (Wildman–Crippen MR) is 61.4 cm³/mol. The lowest BCUT2D eigenvalue weighted by Gasteiger charge is -2.13.